The lowest BCUT2D eigenvalue weighted by Crippen LogP contribution is -2.39. The molecule has 0 bridgehead atoms. The van der Waals surface area contributed by atoms with Crippen molar-refractivity contribution in [2.75, 3.05) is 26.3 Å². The molecule has 3 heterocycles. The first-order chi connectivity index (χ1) is 14.2. The summed E-state index contributed by atoms with van der Waals surface area (Å²) in [5.74, 6) is 1.02. The Morgan fingerprint density at radius 3 is 2.55 bits per heavy atom. The van der Waals surface area contributed by atoms with Crippen LogP contribution in [0.3, 0.4) is 0 Å². The molecule has 2 saturated heterocycles. The van der Waals surface area contributed by atoms with Gasteiger partial charge in [-0.05, 0) is 36.8 Å². The highest BCUT2D eigenvalue weighted by molar-refractivity contribution is 6.32. The summed E-state index contributed by atoms with van der Waals surface area (Å²) in [5.41, 5.74) is 1.89. The van der Waals surface area contributed by atoms with Crippen LogP contribution in [0, 0.1) is 5.92 Å². The molecule has 0 aliphatic carbocycles. The molecule has 1 aromatic carbocycles. The second-order valence-corrected chi connectivity index (χ2v) is 8.27. The van der Waals surface area contributed by atoms with Crippen molar-refractivity contribution in [3.05, 3.63) is 58.7 Å². The third kappa shape index (κ3) is 5.28. The van der Waals surface area contributed by atoms with Crippen molar-refractivity contribution in [3.63, 3.8) is 0 Å². The Hall–Kier alpha value is -2.11. The number of pyridine rings is 1. The number of likely N-dealkylation sites (tertiary alicyclic amines) is 1. The molecule has 2 aliphatic rings. The molecular formula is C23H27ClN2O3. The average Bonchev–Trinajstić information content (AvgIpc) is 2.77. The minimum atomic E-state index is -0.00447. The van der Waals surface area contributed by atoms with E-state index in [9.17, 15) is 4.79 Å². The number of carbonyl (C=O) groups excluding carboxylic acids is 1. The fourth-order valence-corrected chi connectivity index (χ4v) is 4.26. The first-order valence-electron chi connectivity index (χ1n) is 10.4. The van der Waals surface area contributed by atoms with Gasteiger partial charge >= 0.3 is 0 Å². The van der Waals surface area contributed by atoms with Gasteiger partial charge in [0, 0.05) is 32.1 Å². The SMILES string of the molecule is O=C(c1cnc(OC2CCOCC2)c(Cl)c1)N1CCC(Cc2ccccc2)CC1. The number of carbonyl (C=O) groups is 1. The molecular weight excluding hydrogens is 388 g/mol. The maximum absolute atomic E-state index is 12.9. The van der Waals surface area contributed by atoms with E-state index in [0.29, 0.717) is 35.6 Å². The van der Waals surface area contributed by atoms with Crippen molar-refractivity contribution >= 4 is 17.5 Å². The van der Waals surface area contributed by atoms with Crippen molar-refractivity contribution in [2.24, 2.45) is 5.92 Å². The molecule has 0 atom stereocenters. The normalized spacial score (nSPS) is 18.6. The van der Waals surface area contributed by atoms with Gasteiger partial charge in [0.1, 0.15) is 11.1 Å². The van der Waals surface area contributed by atoms with Gasteiger partial charge in [0.25, 0.3) is 5.91 Å². The molecule has 2 aromatic rings. The molecule has 1 aromatic heterocycles. The van der Waals surface area contributed by atoms with Crippen molar-refractivity contribution in [1.82, 2.24) is 9.88 Å². The topological polar surface area (TPSA) is 51.7 Å². The van der Waals surface area contributed by atoms with E-state index in [1.807, 2.05) is 11.0 Å². The lowest BCUT2D eigenvalue weighted by atomic mass is 9.90. The van der Waals surface area contributed by atoms with Crippen LogP contribution in [0.4, 0.5) is 0 Å². The largest absolute Gasteiger partial charge is 0.473 e. The quantitative estimate of drug-likeness (QED) is 0.728. The first kappa shape index (κ1) is 20.2. The zero-order valence-electron chi connectivity index (χ0n) is 16.6. The van der Waals surface area contributed by atoms with Crippen LogP contribution in [0.5, 0.6) is 5.88 Å². The van der Waals surface area contributed by atoms with Crippen molar-refractivity contribution < 1.29 is 14.3 Å². The zero-order valence-corrected chi connectivity index (χ0v) is 17.3. The van der Waals surface area contributed by atoms with E-state index in [4.69, 9.17) is 21.1 Å². The molecule has 154 valence electrons. The van der Waals surface area contributed by atoms with Crippen LogP contribution in [-0.2, 0) is 11.2 Å². The number of ether oxygens (including phenoxy) is 2. The van der Waals surface area contributed by atoms with E-state index in [1.165, 1.54) is 5.56 Å². The number of hydrogen-bond donors (Lipinski definition) is 0. The third-order valence-electron chi connectivity index (χ3n) is 5.77. The lowest BCUT2D eigenvalue weighted by Gasteiger charge is -2.32. The Labute approximate surface area is 177 Å². The van der Waals surface area contributed by atoms with E-state index in [2.05, 4.69) is 29.2 Å². The summed E-state index contributed by atoms with van der Waals surface area (Å²) in [6, 6.07) is 12.2. The van der Waals surface area contributed by atoms with Crippen LogP contribution < -0.4 is 4.74 Å². The summed E-state index contributed by atoms with van der Waals surface area (Å²) in [6.45, 7) is 2.93. The summed E-state index contributed by atoms with van der Waals surface area (Å²) in [6.07, 6.45) is 6.43. The van der Waals surface area contributed by atoms with Crippen LogP contribution in [0.15, 0.2) is 42.6 Å². The van der Waals surface area contributed by atoms with Crippen LogP contribution in [0.1, 0.15) is 41.6 Å². The molecule has 4 rings (SSSR count). The van der Waals surface area contributed by atoms with Crippen LogP contribution in [0.25, 0.3) is 0 Å². The predicted molar refractivity (Wildman–Crippen MR) is 112 cm³/mol. The summed E-state index contributed by atoms with van der Waals surface area (Å²) in [7, 11) is 0. The monoisotopic (exact) mass is 414 g/mol. The van der Waals surface area contributed by atoms with E-state index in [0.717, 1.165) is 45.2 Å². The standard InChI is InChI=1S/C23H27ClN2O3/c24-21-15-19(16-25-22(21)29-20-8-12-28-13-9-20)23(27)26-10-6-18(7-11-26)14-17-4-2-1-3-5-17/h1-5,15-16,18,20H,6-14H2. The van der Waals surface area contributed by atoms with Crippen molar-refractivity contribution in [2.45, 2.75) is 38.2 Å². The molecule has 6 heteroatoms. The van der Waals surface area contributed by atoms with Crippen LogP contribution in [0.2, 0.25) is 5.02 Å². The number of hydrogen-bond acceptors (Lipinski definition) is 4. The number of nitrogens with zero attached hydrogens (tertiary/aromatic N) is 2. The summed E-state index contributed by atoms with van der Waals surface area (Å²) < 4.78 is 11.2. The smallest absolute Gasteiger partial charge is 0.255 e. The molecule has 5 nitrogen and oxygen atoms in total. The summed E-state index contributed by atoms with van der Waals surface area (Å²) in [5, 5.41) is 0.390. The molecule has 1 amide bonds. The van der Waals surface area contributed by atoms with Gasteiger partial charge < -0.3 is 14.4 Å². The molecule has 0 N–H and O–H groups in total. The predicted octanol–water partition coefficient (Wildman–Crippen LogP) is 4.39. The minimum absolute atomic E-state index is 0.00447. The maximum Gasteiger partial charge on any atom is 0.255 e. The van der Waals surface area contributed by atoms with E-state index in [1.54, 1.807) is 12.3 Å². The second kappa shape index (κ2) is 9.59. The molecule has 2 fully saturated rings. The van der Waals surface area contributed by atoms with Gasteiger partial charge in [-0.25, -0.2) is 4.98 Å². The Morgan fingerprint density at radius 1 is 1.14 bits per heavy atom. The number of amides is 1. The zero-order chi connectivity index (χ0) is 20.1. The Bertz CT molecular complexity index is 816. The van der Waals surface area contributed by atoms with Gasteiger partial charge in [-0.2, -0.15) is 0 Å². The highest BCUT2D eigenvalue weighted by atomic mass is 35.5. The highest BCUT2D eigenvalue weighted by Gasteiger charge is 2.25. The molecule has 0 radical (unpaired) electrons. The number of piperidine rings is 1. The molecule has 0 spiro atoms. The summed E-state index contributed by atoms with van der Waals surface area (Å²) >= 11 is 6.36. The fourth-order valence-electron chi connectivity index (χ4n) is 4.05. The van der Waals surface area contributed by atoms with Gasteiger partial charge in [-0.15, -0.1) is 0 Å². The van der Waals surface area contributed by atoms with Crippen molar-refractivity contribution in [1.29, 1.82) is 0 Å². The maximum atomic E-state index is 12.9. The van der Waals surface area contributed by atoms with Gasteiger partial charge in [0.2, 0.25) is 5.88 Å². The van der Waals surface area contributed by atoms with E-state index < -0.39 is 0 Å². The van der Waals surface area contributed by atoms with E-state index in [-0.39, 0.29) is 12.0 Å². The second-order valence-electron chi connectivity index (χ2n) is 7.87. The van der Waals surface area contributed by atoms with E-state index >= 15 is 0 Å². The highest BCUT2D eigenvalue weighted by Crippen LogP contribution is 2.27. The molecule has 0 saturated carbocycles. The number of rotatable bonds is 5. The van der Waals surface area contributed by atoms with Gasteiger partial charge in [-0.1, -0.05) is 41.9 Å². The third-order valence-corrected chi connectivity index (χ3v) is 6.04. The summed E-state index contributed by atoms with van der Waals surface area (Å²) in [4.78, 5) is 19.1. The van der Waals surface area contributed by atoms with Gasteiger partial charge in [0.15, 0.2) is 0 Å². The molecule has 2 aliphatic heterocycles. The minimum Gasteiger partial charge on any atom is -0.473 e. The number of halogens is 1. The number of aromatic nitrogens is 1. The lowest BCUT2D eigenvalue weighted by molar-refractivity contribution is 0.0238. The first-order valence-corrected chi connectivity index (χ1v) is 10.8. The van der Waals surface area contributed by atoms with Crippen molar-refractivity contribution in [3.8, 4) is 5.88 Å². The Balaban J connectivity index is 1.32. The molecule has 0 unspecified atom stereocenters. The Kier molecular flexibility index (Phi) is 6.67. The average molecular weight is 415 g/mol. The Morgan fingerprint density at radius 2 is 1.86 bits per heavy atom. The van der Waals surface area contributed by atoms with Crippen LogP contribution in [-0.4, -0.2) is 48.2 Å². The van der Waals surface area contributed by atoms with Crippen LogP contribution >= 0.6 is 11.6 Å². The fraction of sp³-hybridized carbons (Fsp3) is 0.478. The molecule has 29 heavy (non-hydrogen) atoms. The van der Waals surface area contributed by atoms with Gasteiger partial charge in [-0.3, -0.25) is 4.79 Å². The van der Waals surface area contributed by atoms with Gasteiger partial charge in [0.05, 0.1) is 18.8 Å². The number of benzene rings is 1.